The molecule has 14 heavy (non-hydrogen) atoms. The van der Waals surface area contributed by atoms with Crippen molar-refractivity contribution in [2.45, 2.75) is 6.61 Å². The highest BCUT2D eigenvalue weighted by Crippen LogP contribution is 2.34. The fraction of sp³-hybridized carbons (Fsp3) is 0.100. The predicted octanol–water partition coefficient (Wildman–Crippen LogP) is 2.97. The lowest BCUT2D eigenvalue weighted by Gasteiger charge is -1.99. The number of hydrogen-bond donors (Lipinski definition) is 1. The van der Waals surface area contributed by atoms with Crippen LogP contribution in [0.3, 0.4) is 0 Å². The fourth-order valence-electron chi connectivity index (χ4n) is 1.40. The van der Waals surface area contributed by atoms with Gasteiger partial charge >= 0.3 is 0 Å². The summed E-state index contributed by atoms with van der Waals surface area (Å²) in [5, 5.41) is 11.9. The molecule has 0 unspecified atom stereocenters. The SMILES string of the molecule is O=Cc1ccc(Br)c2c(CO)csc12. The predicted molar refractivity (Wildman–Crippen MR) is 60.8 cm³/mol. The van der Waals surface area contributed by atoms with Crippen molar-refractivity contribution in [1.82, 2.24) is 0 Å². The van der Waals surface area contributed by atoms with Crippen molar-refractivity contribution in [3.63, 3.8) is 0 Å². The van der Waals surface area contributed by atoms with Crippen molar-refractivity contribution in [1.29, 1.82) is 0 Å². The van der Waals surface area contributed by atoms with Crippen LogP contribution in [0.5, 0.6) is 0 Å². The summed E-state index contributed by atoms with van der Waals surface area (Å²) >= 11 is 4.89. The second-order valence-electron chi connectivity index (χ2n) is 2.88. The van der Waals surface area contributed by atoms with Crippen LogP contribution in [0, 0.1) is 0 Å². The third-order valence-corrected chi connectivity index (χ3v) is 3.81. The molecule has 4 heteroatoms. The van der Waals surface area contributed by atoms with Gasteiger partial charge in [-0.05, 0) is 23.1 Å². The van der Waals surface area contributed by atoms with E-state index in [1.165, 1.54) is 11.3 Å². The summed E-state index contributed by atoms with van der Waals surface area (Å²) in [6.07, 6.45) is 0.840. The maximum atomic E-state index is 10.8. The smallest absolute Gasteiger partial charge is 0.151 e. The Hall–Kier alpha value is -0.710. The molecule has 0 radical (unpaired) electrons. The Bertz CT molecular complexity index is 490. The maximum Gasteiger partial charge on any atom is 0.151 e. The van der Waals surface area contributed by atoms with Crippen LogP contribution in [0.4, 0.5) is 0 Å². The lowest BCUT2D eigenvalue weighted by Crippen LogP contribution is -1.84. The summed E-state index contributed by atoms with van der Waals surface area (Å²) in [5.41, 5.74) is 1.54. The lowest BCUT2D eigenvalue weighted by molar-refractivity contribution is 0.112. The number of thiophene rings is 1. The van der Waals surface area contributed by atoms with Crippen molar-refractivity contribution >= 4 is 43.6 Å². The number of aldehydes is 1. The minimum atomic E-state index is 0.000903. The second-order valence-corrected chi connectivity index (χ2v) is 4.61. The lowest BCUT2D eigenvalue weighted by atomic mass is 10.1. The molecule has 0 aliphatic rings. The average molecular weight is 271 g/mol. The van der Waals surface area contributed by atoms with Crippen molar-refractivity contribution in [3.8, 4) is 0 Å². The van der Waals surface area contributed by atoms with E-state index in [9.17, 15) is 4.79 Å². The summed E-state index contributed by atoms with van der Waals surface area (Å²) in [7, 11) is 0. The molecule has 0 saturated heterocycles. The van der Waals surface area contributed by atoms with Crippen LogP contribution in [0.25, 0.3) is 10.1 Å². The maximum absolute atomic E-state index is 10.8. The molecule has 0 spiro atoms. The van der Waals surface area contributed by atoms with E-state index in [4.69, 9.17) is 5.11 Å². The first-order valence-electron chi connectivity index (χ1n) is 4.02. The van der Waals surface area contributed by atoms with E-state index >= 15 is 0 Å². The Labute approximate surface area is 93.3 Å². The molecule has 0 fully saturated rings. The topological polar surface area (TPSA) is 37.3 Å². The van der Waals surface area contributed by atoms with E-state index in [0.29, 0.717) is 5.56 Å². The third kappa shape index (κ3) is 1.39. The Morgan fingerprint density at radius 3 is 2.93 bits per heavy atom. The van der Waals surface area contributed by atoms with E-state index in [1.54, 1.807) is 6.07 Å². The van der Waals surface area contributed by atoms with Crippen molar-refractivity contribution < 1.29 is 9.90 Å². The zero-order valence-electron chi connectivity index (χ0n) is 7.16. The van der Waals surface area contributed by atoms with Gasteiger partial charge in [0.15, 0.2) is 6.29 Å². The summed E-state index contributed by atoms with van der Waals surface area (Å²) in [6, 6.07) is 3.61. The average Bonchev–Trinajstić information content (AvgIpc) is 2.63. The van der Waals surface area contributed by atoms with Crippen molar-refractivity contribution in [3.05, 3.63) is 33.1 Å². The first-order chi connectivity index (χ1) is 6.77. The van der Waals surface area contributed by atoms with Gasteiger partial charge in [0.2, 0.25) is 0 Å². The highest BCUT2D eigenvalue weighted by Gasteiger charge is 2.10. The molecule has 0 saturated carbocycles. The molecule has 1 heterocycles. The van der Waals surface area contributed by atoms with Crippen molar-refractivity contribution in [2.24, 2.45) is 0 Å². The zero-order valence-corrected chi connectivity index (χ0v) is 9.56. The largest absolute Gasteiger partial charge is 0.392 e. The monoisotopic (exact) mass is 270 g/mol. The Kier molecular flexibility index (Phi) is 2.67. The van der Waals surface area contributed by atoms with Gasteiger partial charge in [0.25, 0.3) is 0 Å². The fourth-order valence-corrected chi connectivity index (χ4v) is 3.18. The van der Waals surface area contributed by atoms with E-state index in [0.717, 1.165) is 26.4 Å². The molecule has 2 rings (SSSR count). The first kappa shape index (κ1) is 9.83. The molecule has 0 aliphatic carbocycles. The Balaban J connectivity index is 2.86. The van der Waals surface area contributed by atoms with Crippen molar-refractivity contribution in [2.75, 3.05) is 0 Å². The highest BCUT2D eigenvalue weighted by molar-refractivity contribution is 9.10. The van der Waals surface area contributed by atoms with Gasteiger partial charge < -0.3 is 5.11 Å². The normalized spacial score (nSPS) is 10.7. The molecule has 72 valence electrons. The van der Waals surface area contributed by atoms with E-state index in [1.807, 2.05) is 11.4 Å². The number of benzene rings is 1. The molecule has 0 atom stereocenters. The van der Waals surface area contributed by atoms with Crippen LogP contribution in [0.1, 0.15) is 15.9 Å². The Morgan fingerprint density at radius 2 is 2.29 bits per heavy atom. The van der Waals surface area contributed by atoms with Gasteiger partial charge in [-0.25, -0.2) is 0 Å². The van der Waals surface area contributed by atoms with Crippen LogP contribution >= 0.6 is 27.3 Å². The molecule has 0 bridgehead atoms. The second kappa shape index (κ2) is 3.81. The van der Waals surface area contributed by atoms with Crippen LogP contribution < -0.4 is 0 Å². The van der Waals surface area contributed by atoms with Gasteiger partial charge in [-0.1, -0.05) is 15.9 Å². The summed E-state index contributed by atoms with van der Waals surface area (Å²) < 4.78 is 1.85. The molecule has 0 aliphatic heterocycles. The molecule has 1 aromatic carbocycles. The van der Waals surface area contributed by atoms with Crippen LogP contribution in [0.2, 0.25) is 0 Å². The van der Waals surface area contributed by atoms with Gasteiger partial charge in [0.1, 0.15) is 0 Å². The molecule has 0 amide bonds. The number of aliphatic hydroxyl groups excluding tert-OH is 1. The molecular formula is C10H7BrO2S. The van der Waals surface area contributed by atoms with Crippen LogP contribution in [0.15, 0.2) is 22.0 Å². The number of fused-ring (bicyclic) bond motifs is 1. The van der Waals surface area contributed by atoms with Crippen LogP contribution in [-0.2, 0) is 6.61 Å². The first-order valence-corrected chi connectivity index (χ1v) is 5.69. The highest BCUT2D eigenvalue weighted by atomic mass is 79.9. The number of carbonyl (C=O) groups is 1. The van der Waals surface area contributed by atoms with Gasteiger partial charge in [-0.15, -0.1) is 11.3 Å². The Morgan fingerprint density at radius 1 is 1.50 bits per heavy atom. The van der Waals surface area contributed by atoms with Crippen LogP contribution in [-0.4, -0.2) is 11.4 Å². The summed E-state index contributed by atoms with van der Waals surface area (Å²) in [6.45, 7) is 0.000903. The molecular weight excluding hydrogens is 264 g/mol. The number of halogens is 1. The number of aliphatic hydroxyl groups is 1. The van der Waals surface area contributed by atoms with E-state index in [-0.39, 0.29) is 6.61 Å². The number of rotatable bonds is 2. The van der Waals surface area contributed by atoms with Gasteiger partial charge in [0.05, 0.1) is 6.61 Å². The number of hydrogen-bond acceptors (Lipinski definition) is 3. The van der Waals surface area contributed by atoms with E-state index < -0.39 is 0 Å². The molecule has 1 aromatic heterocycles. The minimum absolute atomic E-state index is 0.000903. The zero-order chi connectivity index (χ0) is 10.1. The van der Waals surface area contributed by atoms with Gasteiger partial charge in [0, 0.05) is 20.1 Å². The number of carbonyl (C=O) groups excluding carboxylic acids is 1. The van der Waals surface area contributed by atoms with E-state index in [2.05, 4.69) is 15.9 Å². The standard InChI is InChI=1S/C10H7BrO2S/c11-8-2-1-6(3-12)10-9(8)7(4-13)5-14-10/h1-3,5,13H,4H2. The quantitative estimate of drug-likeness (QED) is 0.852. The minimum Gasteiger partial charge on any atom is -0.392 e. The molecule has 2 aromatic rings. The molecule has 1 N–H and O–H groups in total. The summed E-state index contributed by atoms with van der Waals surface area (Å²) in [5.74, 6) is 0. The van der Waals surface area contributed by atoms with Gasteiger partial charge in [-0.3, -0.25) is 4.79 Å². The molecule has 2 nitrogen and oxygen atoms in total. The summed E-state index contributed by atoms with van der Waals surface area (Å²) in [4.78, 5) is 10.8. The van der Waals surface area contributed by atoms with Gasteiger partial charge in [-0.2, -0.15) is 0 Å². The third-order valence-electron chi connectivity index (χ3n) is 2.07.